The number of nitrogens with zero attached hydrogens (tertiary/aromatic N) is 6. The maximum absolute atomic E-state index is 13.3. The summed E-state index contributed by atoms with van der Waals surface area (Å²) in [6.07, 6.45) is -4.50. The lowest BCUT2D eigenvalue weighted by Crippen LogP contribution is -2.15. The summed E-state index contributed by atoms with van der Waals surface area (Å²) in [5, 5.41) is 17.0. The van der Waals surface area contributed by atoms with Crippen molar-refractivity contribution in [3.8, 4) is 0 Å². The molecule has 1 aromatic carbocycles. The predicted molar refractivity (Wildman–Crippen MR) is 91.9 cm³/mol. The van der Waals surface area contributed by atoms with Gasteiger partial charge in [-0.2, -0.15) is 13.2 Å². The normalized spacial score (nSPS) is 12.4. The van der Waals surface area contributed by atoms with Crippen LogP contribution >= 0.6 is 11.3 Å². The van der Waals surface area contributed by atoms with Crippen LogP contribution in [0, 0.1) is 6.92 Å². The third-order valence-electron chi connectivity index (χ3n) is 3.59. The minimum Gasteiger partial charge on any atom is -0.389 e. The van der Waals surface area contributed by atoms with Gasteiger partial charge in [-0.05, 0) is 29.0 Å². The quantitative estimate of drug-likeness (QED) is 0.524. The van der Waals surface area contributed by atoms with Crippen LogP contribution in [0.15, 0.2) is 28.7 Å². The van der Waals surface area contributed by atoms with Gasteiger partial charge in [0.05, 0.1) is 11.3 Å². The molecule has 0 amide bonds. The van der Waals surface area contributed by atoms with Crippen molar-refractivity contribution in [1.82, 2.24) is 25.2 Å². The zero-order chi connectivity index (χ0) is 19.6. The number of benzene rings is 1. The monoisotopic (exact) mass is 397 g/mol. The molecular weight excluding hydrogens is 383 g/mol. The van der Waals surface area contributed by atoms with Gasteiger partial charge in [0.25, 0.3) is 0 Å². The molecule has 3 aromatic rings. The number of nitrogen functional groups attached to an aromatic ring is 1. The first-order chi connectivity index (χ1) is 12.8. The molecule has 0 aliphatic carbocycles. The molecule has 0 fully saturated rings. The highest BCUT2D eigenvalue weighted by Crippen LogP contribution is 2.32. The van der Waals surface area contributed by atoms with Gasteiger partial charge >= 0.3 is 6.18 Å². The average Bonchev–Trinajstić information content (AvgIpc) is 3.20. The summed E-state index contributed by atoms with van der Waals surface area (Å²) >= 11 is 1.24. The van der Waals surface area contributed by atoms with Gasteiger partial charge in [0, 0.05) is 18.0 Å². The number of alkyl halides is 3. The van der Waals surface area contributed by atoms with E-state index in [1.807, 2.05) is 0 Å². The average molecular weight is 397 g/mol. The van der Waals surface area contributed by atoms with Gasteiger partial charge in [-0.3, -0.25) is 0 Å². The van der Waals surface area contributed by atoms with E-state index in [1.165, 1.54) is 35.1 Å². The fourth-order valence-electron chi connectivity index (χ4n) is 2.28. The Kier molecular flexibility index (Phi) is 5.08. The molecule has 0 atom stereocenters. The van der Waals surface area contributed by atoms with E-state index in [0.717, 1.165) is 6.07 Å². The number of halogens is 3. The minimum atomic E-state index is -4.50. The molecule has 0 aliphatic rings. The summed E-state index contributed by atoms with van der Waals surface area (Å²) in [5.74, 6) is 0.157. The third kappa shape index (κ3) is 4.22. The zero-order valence-electron chi connectivity index (χ0n) is 14.2. The summed E-state index contributed by atoms with van der Waals surface area (Å²) in [6, 6.07) is 3.86. The Hall–Kier alpha value is -3.02. The van der Waals surface area contributed by atoms with Crippen LogP contribution in [0.2, 0.25) is 0 Å². The predicted octanol–water partition coefficient (Wildman–Crippen LogP) is 2.55. The molecule has 0 saturated heterocycles. The molecule has 27 heavy (non-hydrogen) atoms. The SMILES string of the molecule is Cc1ccc(/C(=N/OCc2csc(N)n2)c2nnnn2C)cc1C(F)(F)F. The lowest BCUT2D eigenvalue weighted by atomic mass is 10.0. The standard InChI is InChI=1S/C15H14F3N7OS/c1-8-3-4-9(5-11(8)15(16,17)18)12(13-21-23-24-25(13)2)22-26-6-10-7-27-14(19)20-10/h3-5,7H,6H2,1-2H3,(H2,19,20)/b22-12-. The molecular formula is C15H14F3N7OS. The van der Waals surface area contributed by atoms with Gasteiger partial charge in [-0.1, -0.05) is 17.3 Å². The lowest BCUT2D eigenvalue weighted by Gasteiger charge is -2.12. The van der Waals surface area contributed by atoms with Crippen molar-refractivity contribution in [3.05, 3.63) is 51.8 Å². The Labute approximate surface area is 155 Å². The first kappa shape index (κ1) is 18.8. The summed E-state index contributed by atoms with van der Waals surface area (Å²) in [5.41, 5.74) is 5.67. The van der Waals surface area contributed by atoms with Crippen molar-refractivity contribution in [2.45, 2.75) is 19.7 Å². The van der Waals surface area contributed by atoms with Gasteiger partial charge in [-0.25, -0.2) is 9.67 Å². The number of oxime groups is 1. The van der Waals surface area contributed by atoms with E-state index in [-0.39, 0.29) is 29.3 Å². The first-order valence-corrected chi connectivity index (χ1v) is 8.44. The van der Waals surface area contributed by atoms with Crippen molar-refractivity contribution >= 4 is 22.2 Å². The summed E-state index contributed by atoms with van der Waals surface area (Å²) in [7, 11) is 1.55. The largest absolute Gasteiger partial charge is 0.416 e. The Morgan fingerprint density at radius 1 is 1.37 bits per heavy atom. The van der Waals surface area contributed by atoms with Crippen molar-refractivity contribution in [2.24, 2.45) is 12.2 Å². The van der Waals surface area contributed by atoms with Crippen molar-refractivity contribution in [1.29, 1.82) is 0 Å². The topological polar surface area (TPSA) is 104 Å². The number of nitrogens with two attached hydrogens (primary N) is 1. The van der Waals surface area contributed by atoms with Crippen LogP contribution in [0.25, 0.3) is 0 Å². The van der Waals surface area contributed by atoms with Gasteiger partial charge in [-0.15, -0.1) is 16.4 Å². The number of anilines is 1. The van der Waals surface area contributed by atoms with E-state index < -0.39 is 11.7 Å². The van der Waals surface area contributed by atoms with Crippen LogP contribution in [-0.4, -0.2) is 30.9 Å². The van der Waals surface area contributed by atoms with E-state index in [2.05, 4.69) is 25.7 Å². The first-order valence-electron chi connectivity index (χ1n) is 7.56. The van der Waals surface area contributed by atoms with Crippen LogP contribution in [0.4, 0.5) is 18.3 Å². The highest BCUT2D eigenvalue weighted by molar-refractivity contribution is 7.13. The number of aryl methyl sites for hydroxylation is 2. The number of hydrogen-bond acceptors (Lipinski definition) is 8. The van der Waals surface area contributed by atoms with Crippen LogP contribution in [0.1, 0.15) is 28.2 Å². The third-order valence-corrected chi connectivity index (χ3v) is 4.31. The van der Waals surface area contributed by atoms with E-state index in [4.69, 9.17) is 10.6 Å². The smallest absolute Gasteiger partial charge is 0.389 e. The summed E-state index contributed by atoms with van der Waals surface area (Å²) in [6.45, 7) is 1.39. The Balaban J connectivity index is 1.98. The summed E-state index contributed by atoms with van der Waals surface area (Å²) < 4.78 is 41.0. The number of rotatable bonds is 5. The van der Waals surface area contributed by atoms with Gasteiger partial charge in [0.2, 0.25) is 5.82 Å². The van der Waals surface area contributed by atoms with E-state index in [0.29, 0.717) is 10.8 Å². The second-order valence-corrected chi connectivity index (χ2v) is 6.43. The molecule has 0 bridgehead atoms. The highest BCUT2D eigenvalue weighted by atomic mass is 32.1. The van der Waals surface area contributed by atoms with Crippen LogP contribution in [0.5, 0.6) is 0 Å². The highest BCUT2D eigenvalue weighted by Gasteiger charge is 2.33. The van der Waals surface area contributed by atoms with E-state index in [1.54, 1.807) is 12.4 Å². The molecule has 142 valence electrons. The summed E-state index contributed by atoms with van der Waals surface area (Å²) in [4.78, 5) is 9.30. The number of thiazole rings is 1. The van der Waals surface area contributed by atoms with Crippen molar-refractivity contribution < 1.29 is 18.0 Å². The second-order valence-electron chi connectivity index (χ2n) is 5.54. The minimum absolute atomic E-state index is 0.000466. The molecule has 2 N–H and O–H groups in total. The number of hydrogen-bond donors (Lipinski definition) is 1. The maximum Gasteiger partial charge on any atom is 0.416 e. The van der Waals surface area contributed by atoms with Gasteiger partial charge in [0.1, 0.15) is 0 Å². The molecule has 0 radical (unpaired) electrons. The number of tetrazole rings is 1. The van der Waals surface area contributed by atoms with Crippen LogP contribution in [-0.2, 0) is 24.7 Å². The van der Waals surface area contributed by atoms with Gasteiger partial charge in [0.15, 0.2) is 17.5 Å². The van der Waals surface area contributed by atoms with E-state index in [9.17, 15) is 13.2 Å². The fourth-order valence-corrected chi connectivity index (χ4v) is 2.83. The molecule has 2 heterocycles. The van der Waals surface area contributed by atoms with Crippen molar-refractivity contribution in [3.63, 3.8) is 0 Å². The Morgan fingerprint density at radius 2 is 2.15 bits per heavy atom. The molecule has 3 rings (SSSR count). The van der Waals surface area contributed by atoms with Crippen molar-refractivity contribution in [2.75, 3.05) is 5.73 Å². The Morgan fingerprint density at radius 3 is 2.74 bits per heavy atom. The molecule has 8 nitrogen and oxygen atoms in total. The molecule has 0 spiro atoms. The van der Waals surface area contributed by atoms with E-state index >= 15 is 0 Å². The van der Waals surface area contributed by atoms with Gasteiger partial charge < -0.3 is 10.6 Å². The Bertz CT molecular complexity index is 980. The number of aromatic nitrogens is 5. The van der Waals surface area contributed by atoms with Crippen LogP contribution in [0.3, 0.4) is 0 Å². The molecule has 12 heteroatoms. The van der Waals surface area contributed by atoms with Crippen LogP contribution < -0.4 is 5.73 Å². The lowest BCUT2D eigenvalue weighted by molar-refractivity contribution is -0.138. The molecule has 2 aromatic heterocycles. The molecule has 0 aliphatic heterocycles. The maximum atomic E-state index is 13.3. The fraction of sp³-hybridized carbons (Fsp3) is 0.267. The zero-order valence-corrected chi connectivity index (χ0v) is 15.0. The second kappa shape index (κ2) is 7.31. The molecule has 0 saturated carbocycles. The molecule has 0 unspecified atom stereocenters.